The molecule has 90 valence electrons. The van der Waals surface area contributed by atoms with E-state index in [4.69, 9.17) is 0 Å². The smallest absolute Gasteiger partial charge is 0.0224 e. The molecule has 1 aliphatic carbocycles. The van der Waals surface area contributed by atoms with Gasteiger partial charge in [0, 0.05) is 0 Å². The number of hydrogen-bond donors (Lipinski definition) is 0. The molecule has 0 nitrogen and oxygen atoms in total. The molecular weight excluding hydrogens is 192 g/mol. The van der Waals surface area contributed by atoms with Crippen LogP contribution in [0.25, 0.3) is 0 Å². The standard InChI is InChI=1S/C16H26/c1-5-7-9-11-15-13(3)14(4)16(15)12-10-8-6-2/h3-12H2,1-2H3. The molecule has 0 heterocycles. The van der Waals surface area contributed by atoms with Crippen molar-refractivity contribution in [3.05, 3.63) is 35.5 Å². The highest BCUT2D eigenvalue weighted by molar-refractivity contribution is 5.67. The van der Waals surface area contributed by atoms with E-state index in [-0.39, 0.29) is 0 Å². The predicted octanol–water partition coefficient (Wildman–Crippen LogP) is 5.57. The lowest BCUT2D eigenvalue weighted by molar-refractivity contribution is 0.682. The third kappa shape index (κ3) is 3.10. The van der Waals surface area contributed by atoms with Crippen molar-refractivity contribution < 1.29 is 0 Å². The van der Waals surface area contributed by atoms with Crippen LogP contribution in [0.2, 0.25) is 0 Å². The minimum atomic E-state index is 1.23. The molecule has 1 aliphatic rings. The first-order valence-corrected chi connectivity index (χ1v) is 6.83. The quantitative estimate of drug-likeness (QED) is 0.467. The van der Waals surface area contributed by atoms with E-state index in [1.165, 1.54) is 73.7 Å². The molecule has 1 rings (SSSR count). The fourth-order valence-corrected chi connectivity index (χ4v) is 2.37. The third-order valence-corrected chi connectivity index (χ3v) is 3.52. The largest absolute Gasteiger partial charge is 0.0909 e. The lowest BCUT2D eigenvalue weighted by Crippen LogP contribution is -2.11. The van der Waals surface area contributed by atoms with Crippen molar-refractivity contribution in [2.45, 2.75) is 65.2 Å². The van der Waals surface area contributed by atoms with E-state index in [2.05, 4.69) is 27.0 Å². The first kappa shape index (κ1) is 13.3. The van der Waals surface area contributed by atoms with Crippen molar-refractivity contribution in [3.63, 3.8) is 0 Å². The summed E-state index contributed by atoms with van der Waals surface area (Å²) in [5, 5.41) is 0. The van der Waals surface area contributed by atoms with Gasteiger partial charge in [0.2, 0.25) is 0 Å². The van der Waals surface area contributed by atoms with Crippen LogP contribution >= 0.6 is 0 Å². The second kappa shape index (κ2) is 6.73. The highest BCUT2D eigenvalue weighted by atomic mass is 14.3. The SMILES string of the molecule is C=C1C(=C)C(CCCCC)=C1CCCCC. The van der Waals surface area contributed by atoms with Crippen molar-refractivity contribution in [1.82, 2.24) is 0 Å². The Morgan fingerprint density at radius 2 is 1.06 bits per heavy atom. The average Bonchev–Trinajstić information content (AvgIpc) is 2.31. The summed E-state index contributed by atoms with van der Waals surface area (Å²) in [4.78, 5) is 0. The summed E-state index contributed by atoms with van der Waals surface area (Å²) in [6.45, 7) is 12.8. The van der Waals surface area contributed by atoms with Gasteiger partial charge < -0.3 is 0 Å². The molecule has 0 unspecified atom stereocenters. The molecule has 0 amide bonds. The Bertz CT molecular complexity index is 261. The fourth-order valence-electron chi connectivity index (χ4n) is 2.37. The Morgan fingerprint density at radius 3 is 1.38 bits per heavy atom. The highest BCUT2D eigenvalue weighted by Crippen LogP contribution is 2.42. The first-order valence-electron chi connectivity index (χ1n) is 6.83. The van der Waals surface area contributed by atoms with Gasteiger partial charge in [-0.1, -0.05) is 52.7 Å². The van der Waals surface area contributed by atoms with Crippen LogP contribution in [0.4, 0.5) is 0 Å². The molecule has 0 saturated heterocycles. The summed E-state index contributed by atoms with van der Waals surface area (Å²) in [6, 6.07) is 0. The van der Waals surface area contributed by atoms with Crippen molar-refractivity contribution in [3.8, 4) is 0 Å². The predicted molar refractivity (Wildman–Crippen MR) is 73.6 cm³/mol. The molecule has 0 saturated carbocycles. The Kier molecular flexibility index (Phi) is 5.59. The van der Waals surface area contributed by atoms with Crippen LogP contribution in [0.3, 0.4) is 0 Å². The molecule has 0 radical (unpaired) electrons. The summed E-state index contributed by atoms with van der Waals surface area (Å²) in [5.74, 6) is 0. The van der Waals surface area contributed by atoms with Crippen molar-refractivity contribution in [2.24, 2.45) is 0 Å². The van der Waals surface area contributed by atoms with Crippen LogP contribution in [0.5, 0.6) is 0 Å². The molecule has 0 fully saturated rings. The van der Waals surface area contributed by atoms with E-state index < -0.39 is 0 Å². The van der Waals surface area contributed by atoms with Gasteiger partial charge in [-0.05, 0) is 48.0 Å². The van der Waals surface area contributed by atoms with E-state index in [9.17, 15) is 0 Å². The minimum Gasteiger partial charge on any atom is -0.0909 e. The zero-order valence-corrected chi connectivity index (χ0v) is 11.1. The Balaban J connectivity index is 2.47. The summed E-state index contributed by atoms with van der Waals surface area (Å²) in [5.41, 5.74) is 5.55. The monoisotopic (exact) mass is 218 g/mol. The molecule has 0 heteroatoms. The number of allylic oxidation sites excluding steroid dienone is 4. The van der Waals surface area contributed by atoms with Gasteiger partial charge in [0.25, 0.3) is 0 Å². The first-order chi connectivity index (χ1) is 7.72. The van der Waals surface area contributed by atoms with Crippen molar-refractivity contribution >= 4 is 0 Å². The second-order valence-corrected chi connectivity index (χ2v) is 4.83. The van der Waals surface area contributed by atoms with E-state index in [0.717, 1.165) is 0 Å². The maximum atomic E-state index is 4.12. The third-order valence-electron chi connectivity index (χ3n) is 3.52. The summed E-state index contributed by atoms with van der Waals surface area (Å²) in [6.07, 6.45) is 10.4. The van der Waals surface area contributed by atoms with Crippen LogP contribution < -0.4 is 0 Å². The average molecular weight is 218 g/mol. The zero-order valence-electron chi connectivity index (χ0n) is 11.1. The normalized spacial score (nSPS) is 15.6. The molecule has 0 spiro atoms. The molecule has 0 aliphatic heterocycles. The van der Waals surface area contributed by atoms with Crippen LogP contribution in [0.15, 0.2) is 35.5 Å². The molecular formula is C16H26. The number of unbranched alkanes of at least 4 members (excludes halogenated alkanes) is 4. The molecule has 0 atom stereocenters. The van der Waals surface area contributed by atoms with Gasteiger partial charge in [-0.2, -0.15) is 0 Å². The summed E-state index contributed by atoms with van der Waals surface area (Å²) >= 11 is 0. The zero-order chi connectivity index (χ0) is 12.0. The van der Waals surface area contributed by atoms with Gasteiger partial charge in [-0.3, -0.25) is 0 Å². The second-order valence-electron chi connectivity index (χ2n) is 4.83. The van der Waals surface area contributed by atoms with E-state index in [1.807, 2.05) is 0 Å². The van der Waals surface area contributed by atoms with Gasteiger partial charge in [-0.15, -0.1) is 0 Å². The molecule has 0 bridgehead atoms. The summed E-state index contributed by atoms with van der Waals surface area (Å²) in [7, 11) is 0. The lowest BCUT2D eigenvalue weighted by Gasteiger charge is -2.30. The molecule has 0 aromatic heterocycles. The highest BCUT2D eigenvalue weighted by Gasteiger charge is 2.24. The number of hydrogen-bond acceptors (Lipinski definition) is 0. The fraction of sp³-hybridized carbons (Fsp3) is 0.625. The van der Waals surface area contributed by atoms with Gasteiger partial charge in [0.15, 0.2) is 0 Å². The molecule has 16 heavy (non-hydrogen) atoms. The van der Waals surface area contributed by atoms with Crippen LogP contribution in [-0.2, 0) is 0 Å². The maximum absolute atomic E-state index is 4.12. The Labute approximate surface area is 101 Å². The molecule has 0 aromatic rings. The van der Waals surface area contributed by atoms with Crippen LogP contribution in [0, 0.1) is 0 Å². The van der Waals surface area contributed by atoms with E-state index in [1.54, 1.807) is 0 Å². The van der Waals surface area contributed by atoms with Gasteiger partial charge >= 0.3 is 0 Å². The number of rotatable bonds is 8. The minimum absolute atomic E-state index is 1.23. The van der Waals surface area contributed by atoms with Crippen molar-refractivity contribution in [1.29, 1.82) is 0 Å². The molecule has 0 aromatic carbocycles. The summed E-state index contributed by atoms with van der Waals surface area (Å²) < 4.78 is 0. The van der Waals surface area contributed by atoms with Gasteiger partial charge in [0.05, 0.1) is 0 Å². The maximum Gasteiger partial charge on any atom is -0.0224 e. The van der Waals surface area contributed by atoms with E-state index >= 15 is 0 Å². The van der Waals surface area contributed by atoms with Gasteiger partial charge in [-0.25, -0.2) is 0 Å². The topological polar surface area (TPSA) is 0 Å². The lowest BCUT2D eigenvalue weighted by atomic mass is 9.75. The van der Waals surface area contributed by atoms with Crippen LogP contribution in [-0.4, -0.2) is 0 Å². The molecule has 0 N–H and O–H groups in total. The van der Waals surface area contributed by atoms with Crippen LogP contribution in [0.1, 0.15) is 65.2 Å². The van der Waals surface area contributed by atoms with E-state index in [0.29, 0.717) is 0 Å². The Hall–Kier alpha value is -0.780. The van der Waals surface area contributed by atoms with Gasteiger partial charge in [0.1, 0.15) is 0 Å². The Morgan fingerprint density at radius 1 is 0.688 bits per heavy atom. The van der Waals surface area contributed by atoms with Crippen molar-refractivity contribution in [2.75, 3.05) is 0 Å².